The summed E-state index contributed by atoms with van der Waals surface area (Å²) in [5.41, 5.74) is 11.1. The van der Waals surface area contributed by atoms with Crippen molar-refractivity contribution in [2.24, 2.45) is 5.41 Å². The van der Waals surface area contributed by atoms with Crippen LogP contribution < -0.4 is 9.80 Å². The molecule has 0 amide bonds. The van der Waals surface area contributed by atoms with Crippen molar-refractivity contribution in [1.29, 1.82) is 0 Å². The summed E-state index contributed by atoms with van der Waals surface area (Å²) in [4.78, 5) is 5.39. The molecule has 0 bridgehead atoms. The van der Waals surface area contributed by atoms with Gasteiger partial charge in [-0.05, 0) is 58.1 Å². The molecule has 0 aromatic heterocycles. The third kappa shape index (κ3) is 4.80. The maximum Gasteiger partial charge on any atom is 0.116 e. The first-order valence-electron chi connectivity index (χ1n) is 14.3. The Morgan fingerprint density at radius 2 is 0.784 bits per heavy atom. The van der Waals surface area contributed by atoms with E-state index in [0.717, 1.165) is 0 Å². The van der Waals surface area contributed by atoms with E-state index in [1.165, 1.54) is 45.0 Å². The van der Waals surface area contributed by atoms with Gasteiger partial charge in [-0.1, -0.05) is 125 Å². The van der Waals surface area contributed by atoms with E-state index in [1.807, 2.05) is 0 Å². The van der Waals surface area contributed by atoms with Gasteiger partial charge in [0.05, 0.1) is 22.7 Å². The Hall–Kier alpha value is -2.74. The van der Waals surface area contributed by atoms with E-state index in [2.05, 4.69) is 147 Å². The Labute approximate surface area is 226 Å². The Balaban J connectivity index is 2.13. The van der Waals surface area contributed by atoms with Crippen molar-refractivity contribution in [1.82, 2.24) is 0 Å². The normalized spacial score (nSPS) is 14.6. The molecule has 1 heterocycles. The van der Waals surface area contributed by atoms with Crippen molar-refractivity contribution < 1.29 is 0 Å². The highest BCUT2D eigenvalue weighted by Gasteiger charge is 2.46. The molecule has 0 atom stereocenters. The molecule has 198 valence electrons. The Morgan fingerprint density at radius 1 is 0.486 bits per heavy atom. The van der Waals surface area contributed by atoms with Gasteiger partial charge in [0.25, 0.3) is 0 Å². The number of para-hydroxylation sites is 4. The van der Waals surface area contributed by atoms with Crippen LogP contribution in [0.2, 0.25) is 0 Å². The Morgan fingerprint density at radius 3 is 1.03 bits per heavy atom. The predicted molar refractivity (Wildman–Crippen MR) is 163 cm³/mol. The van der Waals surface area contributed by atoms with E-state index < -0.39 is 0 Å². The van der Waals surface area contributed by atoms with Crippen molar-refractivity contribution in [3.05, 3.63) is 82.9 Å². The zero-order valence-corrected chi connectivity index (χ0v) is 25.1. The van der Waals surface area contributed by atoms with Crippen molar-refractivity contribution >= 4 is 22.7 Å². The third-order valence-corrected chi connectivity index (χ3v) is 7.83. The average Bonchev–Trinajstić information content (AvgIpc) is 3.18. The van der Waals surface area contributed by atoms with E-state index in [4.69, 9.17) is 0 Å². The van der Waals surface area contributed by atoms with Gasteiger partial charge in [0, 0.05) is 5.41 Å². The SMILES string of the molecule is CC(C)c1cccc(C(C)C)c1N1c2ccccc2N(c2c(C(C)C)cccc2C(C)C)C1C(C)(C)C. The first-order valence-corrected chi connectivity index (χ1v) is 14.3. The maximum atomic E-state index is 2.70. The predicted octanol–water partition coefficient (Wildman–Crippen LogP) is 10.8. The van der Waals surface area contributed by atoms with Crippen molar-refractivity contribution in [2.75, 3.05) is 9.80 Å². The molecule has 3 aromatic carbocycles. The molecular weight excluding hydrogens is 448 g/mol. The lowest BCUT2D eigenvalue weighted by Gasteiger charge is -2.44. The molecule has 1 aliphatic heterocycles. The summed E-state index contributed by atoms with van der Waals surface area (Å²) in [7, 11) is 0. The zero-order chi connectivity index (χ0) is 27.2. The highest BCUT2D eigenvalue weighted by atomic mass is 15.4. The standard InChI is InChI=1S/C35H48N2/c1-22(2)26-16-14-17-27(23(3)4)32(26)36-30-20-12-13-21-31(30)37(34(36)35(9,10)11)33-28(24(5)6)18-15-19-29(33)25(7)8/h12-25,34H,1-11H3. The Bertz CT molecular complexity index is 1100. The number of rotatable bonds is 6. The van der Waals surface area contributed by atoms with Crippen LogP contribution in [0.4, 0.5) is 22.7 Å². The fourth-order valence-corrected chi connectivity index (χ4v) is 6.09. The smallest absolute Gasteiger partial charge is 0.116 e. The molecule has 0 spiro atoms. The first kappa shape index (κ1) is 27.3. The molecule has 37 heavy (non-hydrogen) atoms. The molecule has 4 rings (SSSR count). The van der Waals surface area contributed by atoms with Crippen LogP contribution in [-0.2, 0) is 0 Å². The fourth-order valence-electron chi connectivity index (χ4n) is 6.09. The van der Waals surface area contributed by atoms with Crippen LogP contribution in [-0.4, -0.2) is 6.17 Å². The third-order valence-electron chi connectivity index (χ3n) is 7.83. The summed E-state index contributed by atoms with van der Waals surface area (Å²) in [5.74, 6) is 1.74. The zero-order valence-electron chi connectivity index (χ0n) is 25.1. The van der Waals surface area contributed by atoms with Gasteiger partial charge in [0.15, 0.2) is 0 Å². The second kappa shape index (κ2) is 10.2. The highest BCUT2D eigenvalue weighted by molar-refractivity contribution is 5.92. The van der Waals surface area contributed by atoms with Crippen LogP contribution in [0, 0.1) is 5.41 Å². The lowest BCUT2D eigenvalue weighted by Crippen LogP contribution is -2.49. The quantitative estimate of drug-likeness (QED) is 0.335. The number of fused-ring (bicyclic) bond motifs is 1. The summed E-state index contributed by atoms with van der Waals surface area (Å²) in [6, 6.07) is 23.0. The number of nitrogens with zero attached hydrogens (tertiary/aromatic N) is 2. The van der Waals surface area contributed by atoms with Crippen LogP contribution in [0.5, 0.6) is 0 Å². The van der Waals surface area contributed by atoms with Gasteiger partial charge >= 0.3 is 0 Å². The van der Waals surface area contributed by atoms with Crippen LogP contribution in [0.3, 0.4) is 0 Å². The first-order chi connectivity index (χ1) is 17.4. The van der Waals surface area contributed by atoms with Crippen molar-refractivity contribution in [3.8, 4) is 0 Å². The molecule has 0 saturated carbocycles. The second-order valence-electron chi connectivity index (χ2n) is 13.2. The van der Waals surface area contributed by atoms with Crippen LogP contribution >= 0.6 is 0 Å². The van der Waals surface area contributed by atoms with Gasteiger partial charge in [-0.2, -0.15) is 0 Å². The van der Waals surface area contributed by atoms with Gasteiger partial charge in [0.2, 0.25) is 0 Å². The van der Waals surface area contributed by atoms with Crippen molar-refractivity contribution in [3.63, 3.8) is 0 Å². The van der Waals surface area contributed by atoms with Crippen molar-refractivity contribution in [2.45, 2.75) is 106 Å². The monoisotopic (exact) mass is 496 g/mol. The number of hydrogen-bond donors (Lipinski definition) is 0. The molecule has 0 aliphatic carbocycles. The van der Waals surface area contributed by atoms with Gasteiger partial charge in [-0.25, -0.2) is 0 Å². The molecular formula is C35H48N2. The molecule has 2 heteroatoms. The van der Waals surface area contributed by atoms with Crippen LogP contribution in [0.25, 0.3) is 0 Å². The summed E-state index contributed by atoms with van der Waals surface area (Å²) >= 11 is 0. The molecule has 0 saturated heterocycles. The lowest BCUT2D eigenvalue weighted by molar-refractivity contribution is 0.328. The van der Waals surface area contributed by atoms with Crippen LogP contribution in [0.1, 0.15) is 122 Å². The summed E-state index contributed by atoms with van der Waals surface area (Å²) < 4.78 is 0. The molecule has 0 radical (unpaired) electrons. The number of hydrogen-bond acceptors (Lipinski definition) is 2. The Kier molecular flexibility index (Phi) is 7.52. The number of benzene rings is 3. The van der Waals surface area contributed by atoms with E-state index in [-0.39, 0.29) is 11.6 Å². The van der Waals surface area contributed by atoms with Crippen LogP contribution in [0.15, 0.2) is 60.7 Å². The minimum absolute atomic E-state index is 0.0182. The largest absolute Gasteiger partial charge is 0.317 e. The summed E-state index contributed by atoms with van der Waals surface area (Å²) in [6.45, 7) is 25.9. The minimum atomic E-state index is -0.0182. The maximum absolute atomic E-state index is 2.70. The van der Waals surface area contributed by atoms with E-state index in [0.29, 0.717) is 23.7 Å². The lowest BCUT2D eigenvalue weighted by atomic mass is 9.85. The van der Waals surface area contributed by atoms with Gasteiger partial charge in [-0.3, -0.25) is 0 Å². The fraction of sp³-hybridized carbons (Fsp3) is 0.486. The molecule has 0 N–H and O–H groups in total. The molecule has 1 aliphatic rings. The molecule has 3 aromatic rings. The number of anilines is 4. The van der Waals surface area contributed by atoms with E-state index >= 15 is 0 Å². The average molecular weight is 497 g/mol. The topological polar surface area (TPSA) is 6.48 Å². The van der Waals surface area contributed by atoms with Gasteiger partial charge < -0.3 is 9.80 Å². The minimum Gasteiger partial charge on any atom is -0.317 e. The van der Waals surface area contributed by atoms with E-state index in [9.17, 15) is 0 Å². The molecule has 0 unspecified atom stereocenters. The van der Waals surface area contributed by atoms with Gasteiger partial charge in [-0.15, -0.1) is 0 Å². The highest BCUT2D eigenvalue weighted by Crippen LogP contribution is 2.56. The summed E-state index contributed by atoms with van der Waals surface area (Å²) in [5, 5.41) is 0. The van der Waals surface area contributed by atoms with Gasteiger partial charge in [0.1, 0.15) is 6.17 Å². The molecule has 2 nitrogen and oxygen atoms in total. The summed E-state index contributed by atoms with van der Waals surface area (Å²) in [6.07, 6.45) is 0.139. The second-order valence-corrected chi connectivity index (χ2v) is 13.2. The molecule has 0 fully saturated rings. The van der Waals surface area contributed by atoms with E-state index in [1.54, 1.807) is 0 Å².